The van der Waals surface area contributed by atoms with Crippen LogP contribution < -0.4 is 17.0 Å². The van der Waals surface area contributed by atoms with Crippen molar-refractivity contribution in [1.29, 1.82) is 0 Å². The number of hydrogen-bond donors (Lipinski definition) is 0. The second kappa shape index (κ2) is 19.7. The molecule has 0 amide bonds. The molecule has 1 saturated heterocycles. The first-order valence-corrected chi connectivity index (χ1v) is 12.7. The molecule has 0 radical (unpaired) electrons. The van der Waals surface area contributed by atoms with Crippen LogP contribution >= 0.6 is 0 Å². The molecule has 1 aliphatic rings. The van der Waals surface area contributed by atoms with Crippen LogP contribution in [0.3, 0.4) is 0 Å². The van der Waals surface area contributed by atoms with E-state index in [0.29, 0.717) is 0 Å². The van der Waals surface area contributed by atoms with E-state index in [2.05, 4.69) is 13.8 Å². The molecule has 1 rings (SSSR count). The van der Waals surface area contributed by atoms with E-state index in [1.165, 1.54) is 153 Å². The van der Waals surface area contributed by atoms with Crippen molar-refractivity contribution in [2.45, 2.75) is 136 Å². The summed E-state index contributed by atoms with van der Waals surface area (Å²) >= 11 is 0. The van der Waals surface area contributed by atoms with Gasteiger partial charge in [0.2, 0.25) is 0 Å². The molecule has 0 atom stereocenters. The van der Waals surface area contributed by atoms with Crippen LogP contribution in [0.1, 0.15) is 136 Å². The van der Waals surface area contributed by atoms with Crippen molar-refractivity contribution in [3.05, 3.63) is 0 Å². The van der Waals surface area contributed by atoms with E-state index >= 15 is 0 Å². The Balaban J connectivity index is 0.00000676. The van der Waals surface area contributed by atoms with Crippen LogP contribution in [0.5, 0.6) is 0 Å². The van der Waals surface area contributed by atoms with E-state index in [9.17, 15) is 0 Å². The van der Waals surface area contributed by atoms with Gasteiger partial charge in [0, 0.05) is 0 Å². The first-order chi connectivity index (χ1) is 12.8. The number of likely N-dealkylation sites (tertiary alicyclic amines) is 1. The highest BCUT2D eigenvalue weighted by Crippen LogP contribution is 2.20. The van der Waals surface area contributed by atoms with Crippen molar-refractivity contribution in [3.63, 3.8) is 0 Å². The largest absolute Gasteiger partial charge is 1.00 e. The third-order valence-corrected chi connectivity index (χ3v) is 6.92. The molecular weight excluding hydrogens is 394 g/mol. The third-order valence-electron chi connectivity index (χ3n) is 6.92. The van der Waals surface area contributed by atoms with Crippen molar-refractivity contribution in [1.82, 2.24) is 0 Å². The van der Waals surface area contributed by atoms with Crippen LogP contribution in [0.25, 0.3) is 0 Å². The Labute approximate surface area is 183 Å². The maximum Gasteiger partial charge on any atom is 0.0786 e. The average Bonchev–Trinajstić information content (AvgIpc) is 2.68. The lowest BCUT2D eigenvalue weighted by Gasteiger charge is -2.41. The summed E-state index contributed by atoms with van der Waals surface area (Å²) in [6.07, 6.45) is 28.1. The SMILES string of the molecule is CCCCCCCCCCCCCCCCCC[N+]1(CC)CCCCC1.[Br-]. The van der Waals surface area contributed by atoms with Crippen LogP contribution in [-0.4, -0.2) is 30.7 Å². The molecule has 1 nitrogen and oxygen atoms in total. The molecule has 0 aromatic rings. The van der Waals surface area contributed by atoms with Gasteiger partial charge in [-0.15, -0.1) is 0 Å². The second-order valence-electron chi connectivity index (χ2n) is 9.19. The van der Waals surface area contributed by atoms with Crippen molar-refractivity contribution in [2.24, 2.45) is 0 Å². The Hall–Kier alpha value is 0.440. The van der Waals surface area contributed by atoms with Crippen LogP contribution in [0.4, 0.5) is 0 Å². The molecular formula is C25H52BrN. The summed E-state index contributed by atoms with van der Waals surface area (Å²) in [6.45, 7) is 10.5. The highest BCUT2D eigenvalue weighted by Gasteiger charge is 2.26. The standard InChI is InChI=1S/C25H52N.BrH/c1-3-5-6-7-8-9-10-11-12-13-14-15-16-17-18-20-23-26(4-2)24-21-19-22-25-26;/h3-25H2,1-2H3;1H/q+1;/p-1. The van der Waals surface area contributed by atoms with E-state index in [-0.39, 0.29) is 17.0 Å². The molecule has 0 aliphatic carbocycles. The van der Waals surface area contributed by atoms with Crippen LogP contribution in [-0.2, 0) is 0 Å². The zero-order chi connectivity index (χ0) is 18.8. The molecule has 0 unspecified atom stereocenters. The fourth-order valence-corrected chi connectivity index (χ4v) is 4.88. The Morgan fingerprint density at radius 3 is 1.22 bits per heavy atom. The minimum Gasteiger partial charge on any atom is -1.00 e. The molecule has 2 heteroatoms. The first kappa shape index (κ1) is 27.4. The van der Waals surface area contributed by atoms with Gasteiger partial charge in [-0.05, 0) is 39.0 Å². The van der Waals surface area contributed by atoms with Crippen molar-refractivity contribution < 1.29 is 21.5 Å². The van der Waals surface area contributed by atoms with Crippen LogP contribution in [0, 0.1) is 0 Å². The number of hydrogen-bond acceptors (Lipinski definition) is 0. The third kappa shape index (κ3) is 15.0. The molecule has 164 valence electrons. The fourth-order valence-electron chi connectivity index (χ4n) is 4.88. The highest BCUT2D eigenvalue weighted by atomic mass is 79.9. The fraction of sp³-hybridized carbons (Fsp3) is 1.00. The normalized spacial score (nSPS) is 16.2. The summed E-state index contributed by atoms with van der Waals surface area (Å²) in [5.41, 5.74) is 0. The van der Waals surface area contributed by atoms with Gasteiger partial charge in [0.15, 0.2) is 0 Å². The van der Waals surface area contributed by atoms with Gasteiger partial charge in [-0.1, -0.05) is 96.8 Å². The first-order valence-electron chi connectivity index (χ1n) is 12.7. The molecule has 0 aromatic carbocycles. The molecule has 0 bridgehead atoms. The van der Waals surface area contributed by atoms with E-state index in [4.69, 9.17) is 0 Å². The van der Waals surface area contributed by atoms with Gasteiger partial charge in [0.25, 0.3) is 0 Å². The number of nitrogens with zero attached hydrogens (tertiary/aromatic N) is 1. The predicted molar refractivity (Wildman–Crippen MR) is 119 cm³/mol. The Kier molecular flexibility index (Phi) is 20.1. The van der Waals surface area contributed by atoms with Gasteiger partial charge in [-0.25, -0.2) is 0 Å². The summed E-state index contributed by atoms with van der Waals surface area (Å²) in [5, 5.41) is 0. The van der Waals surface area contributed by atoms with Gasteiger partial charge >= 0.3 is 0 Å². The van der Waals surface area contributed by atoms with E-state index in [1.807, 2.05) is 0 Å². The lowest BCUT2D eigenvalue weighted by Crippen LogP contribution is -3.00. The van der Waals surface area contributed by atoms with E-state index < -0.39 is 0 Å². The summed E-state index contributed by atoms with van der Waals surface area (Å²) in [6, 6.07) is 0. The van der Waals surface area contributed by atoms with E-state index in [0.717, 1.165) is 0 Å². The second-order valence-corrected chi connectivity index (χ2v) is 9.19. The molecule has 1 fully saturated rings. The summed E-state index contributed by atoms with van der Waals surface area (Å²) in [5.74, 6) is 0. The van der Waals surface area contributed by atoms with Crippen molar-refractivity contribution in [2.75, 3.05) is 26.2 Å². The number of halogens is 1. The molecule has 1 aliphatic heterocycles. The van der Waals surface area contributed by atoms with Crippen LogP contribution in [0.2, 0.25) is 0 Å². The maximum absolute atomic E-state index is 2.41. The van der Waals surface area contributed by atoms with Crippen molar-refractivity contribution in [3.8, 4) is 0 Å². The predicted octanol–water partition coefficient (Wildman–Crippen LogP) is 5.27. The Bertz CT molecular complexity index is 286. The summed E-state index contributed by atoms with van der Waals surface area (Å²) in [4.78, 5) is 0. The average molecular weight is 447 g/mol. The van der Waals surface area contributed by atoms with Gasteiger partial charge in [0.05, 0.1) is 26.2 Å². The van der Waals surface area contributed by atoms with Gasteiger partial charge in [0.1, 0.15) is 0 Å². The topological polar surface area (TPSA) is 0 Å². The smallest absolute Gasteiger partial charge is 0.0786 e. The monoisotopic (exact) mass is 445 g/mol. The quantitative estimate of drug-likeness (QED) is 0.199. The van der Waals surface area contributed by atoms with E-state index in [1.54, 1.807) is 0 Å². The minimum absolute atomic E-state index is 0. The molecule has 0 saturated carbocycles. The number of quaternary nitrogens is 1. The number of piperidine rings is 1. The zero-order valence-corrected chi connectivity index (χ0v) is 20.7. The highest BCUT2D eigenvalue weighted by molar-refractivity contribution is 4.55. The molecule has 0 spiro atoms. The molecule has 27 heavy (non-hydrogen) atoms. The lowest BCUT2D eigenvalue weighted by atomic mass is 10.0. The summed E-state index contributed by atoms with van der Waals surface area (Å²) in [7, 11) is 0. The molecule has 0 N–H and O–H groups in total. The van der Waals surface area contributed by atoms with Gasteiger partial charge in [-0.2, -0.15) is 0 Å². The van der Waals surface area contributed by atoms with Crippen molar-refractivity contribution >= 4 is 0 Å². The number of unbranched alkanes of at least 4 members (excludes halogenated alkanes) is 15. The maximum atomic E-state index is 2.41. The molecule has 0 aromatic heterocycles. The number of rotatable bonds is 18. The Morgan fingerprint density at radius 1 is 0.481 bits per heavy atom. The minimum atomic E-state index is 0. The molecule has 1 heterocycles. The Morgan fingerprint density at radius 2 is 0.852 bits per heavy atom. The van der Waals surface area contributed by atoms with Gasteiger partial charge in [-0.3, -0.25) is 0 Å². The van der Waals surface area contributed by atoms with Gasteiger partial charge < -0.3 is 21.5 Å². The van der Waals surface area contributed by atoms with Crippen LogP contribution in [0.15, 0.2) is 0 Å². The lowest BCUT2D eigenvalue weighted by molar-refractivity contribution is -0.931. The zero-order valence-electron chi connectivity index (χ0n) is 19.1. The summed E-state index contributed by atoms with van der Waals surface area (Å²) < 4.78 is 1.44.